The first-order chi connectivity index (χ1) is 13.0. The molecule has 1 saturated heterocycles. The highest BCUT2D eigenvalue weighted by molar-refractivity contribution is 7.17. The molecule has 1 aliphatic heterocycles. The number of fused-ring (bicyclic) bond motifs is 1. The molecule has 0 spiro atoms. The number of halogens is 1. The van der Waals surface area contributed by atoms with E-state index >= 15 is 0 Å². The Kier molecular flexibility index (Phi) is 4.75. The maximum absolute atomic E-state index is 13.2. The second-order valence-electron chi connectivity index (χ2n) is 6.83. The lowest BCUT2D eigenvalue weighted by Crippen LogP contribution is -2.41. The minimum Gasteiger partial charge on any atom is -0.369 e. The summed E-state index contributed by atoms with van der Waals surface area (Å²) in [5, 5.41) is 2.39. The number of nitrogens with one attached hydrogen (secondary N) is 1. The molecule has 1 aliphatic rings. The van der Waals surface area contributed by atoms with Gasteiger partial charge in [-0.2, -0.15) is 0 Å². The van der Waals surface area contributed by atoms with Crippen LogP contribution >= 0.6 is 11.3 Å². The number of hydrogen-bond donors (Lipinski definition) is 2. The molecule has 27 heavy (non-hydrogen) atoms. The van der Waals surface area contributed by atoms with E-state index < -0.39 is 0 Å². The monoisotopic (exact) mass is 386 g/mol. The molecule has 0 saturated carbocycles. The van der Waals surface area contributed by atoms with Crippen molar-refractivity contribution in [3.63, 3.8) is 0 Å². The molecule has 3 aromatic rings. The SMILES string of the molecule is NC(=O)[C@H]1CCCN(Cc2nc3scc(-c4ccc(F)cc4)c3c(=O)[nH]2)C1. The van der Waals surface area contributed by atoms with Gasteiger partial charge in [0.2, 0.25) is 5.91 Å². The minimum absolute atomic E-state index is 0.152. The number of nitrogens with two attached hydrogens (primary N) is 1. The summed E-state index contributed by atoms with van der Waals surface area (Å²) in [5.74, 6) is -0.173. The fourth-order valence-electron chi connectivity index (χ4n) is 3.55. The van der Waals surface area contributed by atoms with Gasteiger partial charge in [-0.15, -0.1) is 11.3 Å². The van der Waals surface area contributed by atoms with Crippen LogP contribution in [0.15, 0.2) is 34.4 Å². The molecule has 4 rings (SSSR count). The fraction of sp³-hybridized carbons (Fsp3) is 0.316. The number of hydrogen-bond acceptors (Lipinski definition) is 5. The first-order valence-electron chi connectivity index (χ1n) is 8.79. The van der Waals surface area contributed by atoms with E-state index in [0.29, 0.717) is 29.1 Å². The number of nitrogens with zero attached hydrogens (tertiary/aromatic N) is 2. The van der Waals surface area contributed by atoms with Crippen molar-refractivity contribution in [1.29, 1.82) is 0 Å². The zero-order chi connectivity index (χ0) is 19.0. The smallest absolute Gasteiger partial charge is 0.260 e. The van der Waals surface area contributed by atoms with Crippen LogP contribution in [0.3, 0.4) is 0 Å². The topological polar surface area (TPSA) is 92.1 Å². The summed E-state index contributed by atoms with van der Waals surface area (Å²) >= 11 is 1.39. The van der Waals surface area contributed by atoms with E-state index in [-0.39, 0.29) is 23.2 Å². The van der Waals surface area contributed by atoms with Gasteiger partial charge in [-0.3, -0.25) is 14.5 Å². The van der Waals surface area contributed by atoms with E-state index in [2.05, 4.69) is 14.9 Å². The quantitative estimate of drug-likeness (QED) is 0.721. The van der Waals surface area contributed by atoms with Gasteiger partial charge >= 0.3 is 0 Å². The fourth-order valence-corrected chi connectivity index (χ4v) is 4.52. The molecular formula is C19H19FN4O2S. The first kappa shape index (κ1) is 17.8. The highest BCUT2D eigenvalue weighted by atomic mass is 32.1. The molecule has 1 fully saturated rings. The van der Waals surface area contributed by atoms with Gasteiger partial charge in [0, 0.05) is 17.5 Å². The van der Waals surface area contributed by atoms with Crippen LogP contribution in [0.25, 0.3) is 21.3 Å². The molecule has 8 heteroatoms. The Hall–Kier alpha value is -2.58. The van der Waals surface area contributed by atoms with Gasteiger partial charge in [-0.1, -0.05) is 12.1 Å². The van der Waals surface area contributed by atoms with Crippen molar-refractivity contribution >= 4 is 27.5 Å². The Labute approximate surface area is 158 Å². The maximum Gasteiger partial charge on any atom is 0.260 e. The summed E-state index contributed by atoms with van der Waals surface area (Å²) in [4.78, 5) is 34.3. The van der Waals surface area contributed by atoms with Crippen LogP contribution < -0.4 is 11.3 Å². The Morgan fingerprint density at radius 3 is 2.89 bits per heavy atom. The third-order valence-electron chi connectivity index (χ3n) is 4.93. The van der Waals surface area contributed by atoms with E-state index in [1.54, 1.807) is 12.1 Å². The molecule has 2 aromatic heterocycles. The highest BCUT2D eigenvalue weighted by Crippen LogP contribution is 2.31. The average Bonchev–Trinajstić information content (AvgIpc) is 3.07. The van der Waals surface area contributed by atoms with Gasteiger partial charge in [0.25, 0.3) is 5.56 Å². The zero-order valence-corrected chi connectivity index (χ0v) is 15.4. The number of H-pyrrole nitrogens is 1. The summed E-state index contributed by atoms with van der Waals surface area (Å²) in [6.07, 6.45) is 1.70. The molecule has 3 N–H and O–H groups in total. The lowest BCUT2D eigenvalue weighted by atomic mass is 9.97. The minimum atomic E-state index is -0.316. The number of likely N-dealkylation sites (tertiary alicyclic amines) is 1. The van der Waals surface area contributed by atoms with Crippen LogP contribution in [0, 0.1) is 11.7 Å². The van der Waals surface area contributed by atoms with Crippen LogP contribution in [-0.4, -0.2) is 33.9 Å². The number of aromatic nitrogens is 2. The molecule has 0 bridgehead atoms. The lowest BCUT2D eigenvalue weighted by Gasteiger charge is -2.30. The summed E-state index contributed by atoms with van der Waals surface area (Å²) in [5.41, 5.74) is 6.75. The number of carbonyl (C=O) groups excluding carboxylic acids is 1. The van der Waals surface area contributed by atoms with E-state index in [4.69, 9.17) is 5.73 Å². The summed E-state index contributed by atoms with van der Waals surface area (Å²) < 4.78 is 13.2. The van der Waals surface area contributed by atoms with Gasteiger partial charge in [0.15, 0.2) is 0 Å². The van der Waals surface area contributed by atoms with Crippen LogP contribution in [-0.2, 0) is 11.3 Å². The van der Waals surface area contributed by atoms with Crippen molar-refractivity contribution in [1.82, 2.24) is 14.9 Å². The molecule has 0 radical (unpaired) electrons. The maximum atomic E-state index is 13.2. The molecule has 6 nitrogen and oxygen atoms in total. The predicted molar refractivity (Wildman–Crippen MR) is 103 cm³/mol. The number of carbonyl (C=O) groups is 1. The molecule has 1 atom stereocenters. The van der Waals surface area contributed by atoms with Crippen molar-refractivity contribution in [3.8, 4) is 11.1 Å². The number of rotatable bonds is 4. The van der Waals surface area contributed by atoms with Gasteiger partial charge in [-0.25, -0.2) is 9.37 Å². The van der Waals surface area contributed by atoms with Crippen LogP contribution in [0.5, 0.6) is 0 Å². The molecule has 0 unspecified atom stereocenters. The van der Waals surface area contributed by atoms with Crippen LogP contribution in [0.4, 0.5) is 4.39 Å². The molecular weight excluding hydrogens is 367 g/mol. The van der Waals surface area contributed by atoms with Crippen molar-refractivity contribution < 1.29 is 9.18 Å². The number of primary amides is 1. The van der Waals surface area contributed by atoms with E-state index in [0.717, 1.165) is 30.5 Å². The third kappa shape index (κ3) is 3.63. The zero-order valence-electron chi connectivity index (χ0n) is 14.6. The largest absolute Gasteiger partial charge is 0.369 e. The second kappa shape index (κ2) is 7.21. The van der Waals surface area contributed by atoms with Crippen molar-refractivity contribution in [2.75, 3.05) is 13.1 Å². The second-order valence-corrected chi connectivity index (χ2v) is 7.68. The van der Waals surface area contributed by atoms with Gasteiger partial charge < -0.3 is 10.7 Å². The number of amides is 1. The van der Waals surface area contributed by atoms with Crippen LogP contribution in [0.2, 0.25) is 0 Å². The Morgan fingerprint density at radius 1 is 1.37 bits per heavy atom. The van der Waals surface area contributed by atoms with Gasteiger partial charge in [0.05, 0.1) is 17.8 Å². The van der Waals surface area contributed by atoms with E-state index in [1.165, 1.54) is 23.5 Å². The summed E-state index contributed by atoms with van der Waals surface area (Å²) in [6, 6.07) is 6.06. The van der Waals surface area contributed by atoms with E-state index in [1.807, 2.05) is 5.38 Å². The molecule has 0 aliphatic carbocycles. The molecule has 1 aromatic carbocycles. The number of thiophene rings is 1. The number of benzene rings is 1. The lowest BCUT2D eigenvalue weighted by molar-refractivity contribution is -0.123. The Bertz CT molecular complexity index is 1040. The summed E-state index contributed by atoms with van der Waals surface area (Å²) in [6.45, 7) is 1.90. The molecule has 3 heterocycles. The predicted octanol–water partition coefficient (Wildman–Crippen LogP) is 2.49. The summed E-state index contributed by atoms with van der Waals surface area (Å²) in [7, 11) is 0. The Balaban J connectivity index is 1.62. The normalized spacial score (nSPS) is 18.0. The van der Waals surface area contributed by atoms with Crippen molar-refractivity contribution in [2.24, 2.45) is 11.7 Å². The third-order valence-corrected chi connectivity index (χ3v) is 5.80. The van der Waals surface area contributed by atoms with Crippen molar-refractivity contribution in [2.45, 2.75) is 19.4 Å². The standard InChI is InChI=1S/C19H19FN4O2S/c20-13-5-3-11(4-6-13)14-10-27-19-16(14)18(26)22-15(23-19)9-24-7-1-2-12(8-24)17(21)25/h3-6,10,12H,1-2,7-9H2,(H2,21,25)(H,22,23,26)/t12-/m0/s1. The number of aromatic amines is 1. The first-order valence-corrected chi connectivity index (χ1v) is 9.67. The van der Waals surface area contributed by atoms with Gasteiger partial charge in [0.1, 0.15) is 16.5 Å². The van der Waals surface area contributed by atoms with Crippen LogP contribution in [0.1, 0.15) is 18.7 Å². The molecule has 140 valence electrons. The molecule has 1 amide bonds. The Morgan fingerprint density at radius 2 is 2.15 bits per heavy atom. The van der Waals surface area contributed by atoms with Gasteiger partial charge in [-0.05, 0) is 37.1 Å². The van der Waals surface area contributed by atoms with Crippen molar-refractivity contribution in [3.05, 3.63) is 51.6 Å². The van der Waals surface area contributed by atoms with E-state index in [9.17, 15) is 14.0 Å². The average molecular weight is 386 g/mol. The number of piperidine rings is 1. The highest BCUT2D eigenvalue weighted by Gasteiger charge is 2.24.